The van der Waals surface area contributed by atoms with Crippen LogP contribution in [0.2, 0.25) is 0 Å². The number of fused-ring (bicyclic) bond motifs is 1. The van der Waals surface area contributed by atoms with Crippen LogP contribution in [0.15, 0.2) is 48.5 Å². The van der Waals surface area contributed by atoms with Crippen LogP contribution in [0, 0.1) is 0 Å². The Morgan fingerprint density at radius 3 is 2.32 bits per heavy atom. The molecule has 132 valence electrons. The topological polar surface area (TPSA) is 43.4 Å². The van der Waals surface area contributed by atoms with Gasteiger partial charge in [0.15, 0.2) is 0 Å². The van der Waals surface area contributed by atoms with E-state index >= 15 is 0 Å². The summed E-state index contributed by atoms with van der Waals surface area (Å²) in [5, 5.41) is 0. The highest BCUT2D eigenvalue weighted by atomic mass is 32.2. The molecule has 0 amide bonds. The zero-order valence-electron chi connectivity index (χ0n) is 13.1. The molecule has 0 unspecified atom stereocenters. The van der Waals surface area contributed by atoms with Gasteiger partial charge in [0, 0.05) is 5.56 Å². The average Bonchev–Trinajstić information content (AvgIpc) is 2.77. The largest absolute Gasteiger partial charge is 0.534 e. The number of benzene rings is 2. The molecule has 0 saturated carbocycles. The van der Waals surface area contributed by atoms with Gasteiger partial charge in [-0.25, -0.2) is 0 Å². The van der Waals surface area contributed by atoms with Gasteiger partial charge in [0.2, 0.25) is 0 Å². The minimum atomic E-state index is -5.68. The van der Waals surface area contributed by atoms with Crippen LogP contribution in [0.3, 0.4) is 0 Å². The summed E-state index contributed by atoms with van der Waals surface area (Å²) in [5.41, 5.74) is -2.22. The van der Waals surface area contributed by atoms with Crippen molar-refractivity contribution < 1.29 is 25.8 Å². The molecule has 0 atom stereocenters. The highest BCUT2D eigenvalue weighted by molar-refractivity contribution is 7.88. The molecule has 3 nitrogen and oxygen atoms in total. The van der Waals surface area contributed by atoms with Crippen molar-refractivity contribution in [3.63, 3.8) is 0 Å². The predicted molar refractivity (Wildman–Crippen MR) is 89.3 cm³/mol. The lowest BCUT2D eigenvalue weighted by Gasteiger charge is -2.14. The lowest BCUT2D eigenvalue weighted by atomic mass is 10.0. The normalized spacial score (nSPS) is 15.1. The van der Waals surface area contributed by atoms with Gasteiger partial charge in [0.25, 0.3) is 0 Å². The number of alkyl halides is 3. The van der Waals surface area contributed by atoms with Gasteiger partial charge in [-0.05, 0) is 42.0 Å². The molecule has 0 fully saturated rings. The Morgan fingerprint density at radius 1 is 0.920 bits per heavy atom. The van der Waals surface area contributed by atoms with Crippen molar-refractivity contribution in [1.29, 1.82) is 0 Å². The summed E-state index contributed by atoms with van der Waals surface area (Å²) in [7, 11) is -5.68. The van der Waals surface area contributed by atoms with E-state index in [2.05, 4.69) is 4.18 Å². The zero-order chi connectivity index (χ0) is 18.1. The Balaban J connectivity index is 2.01. The van der Waals surface area contributed by atoms with Gasteiger partial charge in [-0.15, -0.1) is 0 Å². The van der Waals surface area contributed by atoms with Crippen LogP contribution in [-0.2, 0) is 16.5 Å². The van der Waals surface area contributed by atoms with Crippen molar-refractivity contribution in [1.82, 2.24) is 0 Å². The van der Waals surface area contributed by atoms with Gasteiger partial charge in [-0.3, -0.25) is 0 Å². The fraction of sp³-hybridized carbons (Fsp3) is 0.222. The lowest BCUT2D eigenvalue weighted by molar-refractivity contribution is -0.0500. The van der Waals surface area contributed by atoms with Gasteiger partial charge in [-0.2, -0.15) is 21.6 Å². The van der Waals surface area contributed by atoms with Crippen LogP contribution >= 0.6 is 0 Å². The summed E-state index contributed by atoms with van der Waals surface area (Å²) in [4.78, 5) is 0. The van der Waals surface area contributed by atoms with E-state index in [0.717, 1.165) is 17.6 Å². The van der Waals surface area contributed by atoms with Crippen LogP contribution in [0.5, 0.6) is 5.75 Å². The second-order valence-electron chi connectivity index (χ2n) is 5.70. The Hall–Kier alpha value is -2.28. The molecule has 1 aliphatic carbocycles. The highest BCUT2D eigenvalue weighted by Gasteiger charge is 2.48. The molecule has 0 aromatic heterocycles. The van der Waals surface area contributed by atoms with Crippen molar-refractivity contribution in [2.75, 3.05) is 0 Å². The van der Waals surface area contributed by atoms with E-state index in [-0.39, 0.29) is 5.75 Å². The van der Waals surface area contributed by atoms with E-state index in [4.69, 9.17) is 0 Å². The van der Waals surface area contributed by atoms with Crippen molar-refractivity contribution in [3.05, 3.63) is 65.2 Å². The van der Waals surface area contributed by atoms with E-state index in [0.29, 0.717) is 24.0 Å². The standard InChI is InChI=1S/C18H15F3O3S/c19-18(20,21)25(22,23)24-17-11-5-9-15-12-14(8-4-10-16(15)17)13-6-2-1-3-7-13/h1-3,5-7,9,11-12H,4,8,10H2. The zero-order valence-corrected chi connectivity index (χ0v) is 13.9. The molecule has 2 aromatic rings. The minimum absolute atomic E-state index is 0.264. The molecule has 0 saturated heterocycles. The Bertz CT molecular complexity index is 901. The lowest BCUT2D eigenvalue weighted by Crippen LogP contribution is -2.28. The molecule has 3 rings (SSSR count). The summed E-state index contributed by atoms with van der Waals surface area (Å²) in [5.74, 6) is -0.264. The Kier molecular flexibility index (Phi) is 4.60. The first-order valence-corrected chi connectivity index (χ1v) is 9.07. The van der Waals surface area contributed by atoms with Crippen molar-refractivity contribution in [3.8, 4) is 5.75 Å². The highest BCUT2D eigenvalue weighted by Crippen LogP contribution is 2.36. The third-order valence-electron chi connectivity index (χ3n) is 4.00. The van der Waals surface area contributed by atoms with Gasteiger partial charge < -0.3 is 4.18 Å². The van der Waals surface area contributed by atoms with Gasteiger partial charge in [-0.1, -0.05) is 48.5 Å². The maximum absolute atomic E-state index is 12.6. The number of halogens is 3. The molecule has 1 aliphatic rings. The molecule has 0 radical (unpaired) electrons. The molecule has 0 heterocycles. The molecule has 0 N–H and O–H groups in total. The predicted octanol–water partition coefficient (Wildman–Crippen LogP) is 4.79. The number of hydrogen-bond donors (Lipinski definition) is 0. The van der Waals surface area contributed by atoms with E-state index in [1.165, 1.54) is 12.1 Å². The van der Waals surface area contributed by atoms with Crippen molar-refractivity contribution >= 4 is 21.8 Å². The van der Waals surface area contributed by atoms with Crippen molar-refractivity contribution in [2.45, 2.75) is 24.8 Å². The molecule has 7 heteroatoms. The van der Waals surface area contributed by atoms with Crippen LogP contribution in [0.25, 0.3) is 11.6 Å². The van der Waals surface area contributed by atoms with Crippen LogP contribution < -0.4 is 4.18 Å². The maximum atomic E-state index is 12.6. The summed E-state index contributed by atoms with van der Waals surface area (Å²) in [6.07, 6.45) is 3.74. The van der Waals surface area contributed by atoms with Crippen molar-refractivity contribution in [2.24, 2.45) is 0 Å². The summed E-state index contributed by atoms with van der Waals surface area (Å²) < 4.78 is 64.8. The van der Waals surface area contributed by atoms with Crippen LogP contribution in [0.1, 0.15) is 29.5 Å². The van der Waals surface area contributed by atoms with E-state index in [1.54, 1.807) is 6.07 Å². The monoisotopic (exact) mass is 368 g/mol. The molecular weight excluding hydrogens is 353 g/mol. The van der Waals surface area contributed by atoms with E-state index in [1.807, 2.05) is 36.4 Å². The first-order valence-electron chi connectivity index (χ1n) is 7.66. The van der Waals surface area contributed by atoms with E-state index < -0.39 is 15.6 Å². The molecular formula is C18H15F3O3S. The third-order valence-corrected chi connectivity index (χ3v) is 4.97. The fourth-order valence-electron chi connectivity index (χ4n) is 2.82. The smallest absolute Gasteiger partial charge is 0.376 e. The Labute approximate surface area is 143 Å². The fourth-order valence-corrected chi connectivity index (χ4v) is 3.31. The molecule has 2 aromatic carbocycles. The number of hydrogen-bond acceptors (Lipinski definition) is 3. The molecule has 0 spiro atoms. The van der Waals surface area contributed by atoms with Gasteiger partial charge >= 0.3 is 15.6 Å². The second-order valence-corrected chi connectivity index (χ2v) is 7.23. The SMILES string of the molecule is O=S(=O)(Oc1cccc2c1CCCC(c1ccccc1)=C2)C(F)(F)F. The minimum Gasteiger partial charge on any atom is -0.376 e. The summed E-state index contributed by atoms with van der Waals surface area (Å²) in [6.45, 7) is 0. The second kappa shape index (κ2) is 6.55. The third kappa shape index (κ3) is 3.71. The van der Waals surface area contributed by atoms with Crippen LogP contribution in [-0.4, -0.2) is 13.9 Å². The van der Waals surface area contributed by atoms with Crippen LogP contribution in [0.4, 0.5) is 13.2 Å². The number of allylic oxidation sites excluding steroid dienone is 1. The Morgan fingerprint density at radius 2 is 1.64 bits per heavy atom. The summed E-state index contributed by atoms with van der Waals surface area (Å²) in [6, 6.07) is 14.2. The first kappa shape index (κ1) is 17.5. The molecule has 0 bridgehead atoms. The summed E-state index contributed by atoms with van der Waals surface area (Å²) >= 11 is 0. The first-order chi connectivity index (χ1) is 11.8. The quantitative estimate of drug-likeness (QED) is 0.578. The van der Waals surface area contributed by atoms with Gasteiger partial charge in [0.05, 0.1) is 0 Å². The molecule has 25 heavy (non-hydrogen) atoms. The van der Waals surface area contributed by atoms with Gasteiger partial charge in [0.1, 0.15) is 5.75 Å². The molecule has 0 aliphatic heterocycles. The average molecular weight is 368 g/mol. The van der Waals surface area contributed by atoms with E-state index in [9.17, 15) is 21.6 Å². The maximum Gasteiger partial charge on any atom is 0.534 e. The number of rotatable bonds is 3.